The lowest BCUT2D eigenvalue weighted by Crippen LogP contribution is -2.26. The number of nitrogens with zero attached hydrogens (tertiary/aromatic N) is 3. The van der Waals surface area contributed by atoms with Crippen LogP contribution in [0.15, 0.2) is 29.4 Å². The molecule has 0 atom stereocenters. The topological polar surface area (TPSA) is 118 Å². The monoisotopic (exact) mass is 411 g/mol. The molecule has 130 valence electrons. The number of hydrogen-bond acceptors (Lipinski definition) is 7. The van der Waals surface area contributed by atoms with Crippen molar-refractivity contribution >= 4 is 54.6 Å². The van der Waals surface area contributed by atoms with Crippen molar-refractivity contribution < 1.29 is 21.9 Å². The molecule has 0 aliphatic carbocycles. The van der Waals surface area contributed by atoms with Crippen molar-refractivity contribution in [3.05, 3.63) is 34.4 Å². The third-order valence-electron chi connectivity index (χ3n) is 2.70. The van der Waals surface area contributed by atoms with Crippen LogP contribution in [0.25, 0.3) is 0 Å². The van der Waals surface area contributed by atoms with Gasteiger partial charge in [0.1, 0.15) is 0 Å². The standard InChI is InChI=1S/C12H11Cl2N3O5S2/c1-23(19,20)10-6-15-11(12(18)16-10)17(24(2,21)22)9-4-7(13)3-8(14)5-9/h3-6H,1-2H3,(H,16,18). The Kier molecular flexibility index (Phi) is 4.96. The van der Waals surface area contributed by atoms with Gasteiger partial charge in [0.15, 0.2) is 14.9 Å². The Morgan fingerprint density at radius 3 is 2.00 bits per heavy atom. The van der Waals surface area contributed by atoms with Crippen molar-refractivity contribution in [1.29, 1.82) is 0 Å². The van der Waals surface area contributed by atoms with Crippen LogP contribution in [-0.2, 0) is 19.9 Å². The Balaban J connectivity index is 2.71. The summed E-state index contributed by atoms with van der Waals surface area (Å²) >= 11 is 11.7. The van der Waals surface area contributed by atoms with Crippen LogP contribution in [-0.4, -0.2) is 44.4 Å². The van der Waals surface area contributed by atoms with Gasteiger partial charge in [-0.15, -0.1) is 0 Å². The lowest BCUT2D eigenvalue weighted by molar-refractivity contribution is 0.445. The zero-order chi connectivity index (χ0) is 18.3. The Morgan fingerprint density at radius 2 is 1.58 bits per heavy atom. The molecule has 0 unspecified atom stereocenters. The smallest absolute Gasteiger partial charge is 0.257 e. The minimum Gasteiger partial charge on any atom is -0.491 e. The summed E-state index contributed by atoms with van der Waals surface area (Å²) in [5, 5.41) is 9.80. The van der Waals surface area contributed by atoms with Gasteiger partial charge >= 0.3 is 0 Å². The lowest BCUT2D eigenvalue weighted by atomic mass is 10.3. The summed E-state index contributed by atoms with van der Waals surface area (Å²) in [6.45, 7) is 0. The number of sulfonamides is 1. The number of aromatic nitrogens is 2. The van der Waals surface area contributed by atoms with Gasteiger partial charge in [-0.25, -0.2) is 26.1 Å². The second-order valence-electron chi connectivity index (χ2n) is 4.78. The van der Waals surface area contributed by atoms with Crippen LogP contribution in [0.3, 0.4) is 0 Å². The summed E-state index contributed by atoms with van der Waals surface area (Å²) < 4.78 is 47.8. The minimum absolute atomic E-state index is 0.00621. The molecule has 0 aliphatic rings. The molecule has 1 N–H and O–H groups in total. The summed E-state index contributed by atoms with van der Waals surface area (Å²) in [6.07, 6.45) is 2.59. The fourth-order valence-electron chi connectivity index (χ4n) is 1.81. The first kappa shape index (κ1) is 18.7. The lowest BCUT2D eigenvalue weighted by Gasteiger charge is -2.22. The van der Waals surface area contributed by atoms with Crippen molar-refractivity contribution in [1.82, 2.24) is 9.97 Å². The highest BCUT2D eigenvalue weighted by molar-refractivity contribution is 7.92. The van der Waals surface area contributed by atoms with E-state index in [1.807, 2.05) is 0 Å². The fraction of sp³-hybridized carbons (Fsp3) is 0.167. The highest BCUT2D eigenvalue weighted by Crippen LogP contribution is 2.35. The molecule has 2 rings (SSSR count). The van der Waals surface area contributed by atoms with Gasteiger partial charge in [0.05, 0.1) is 18.1 Å². The predicted molar refractivity (Wildman–Crippen MR) is 90.3 cm³/mol. The second kappa shape index (κ2) is 6.36. The maximum Gasteiger partial charge on any atom is 0.257 e. The van der Waals surface area contributed by atoms with Crippen LogP contribution < -0.4 is 4.31 Å². The molecule has 2 aromatic rings. The zero-order valence-electron chi connectivity index (χ0n) is 12.3. The number of hydrogen-bond donors (Lipinski definition) is 1. The molecule has 0 saturated carbocycles. The highest BCUT2D eigenvalue weighted by Gasteiger charge is 2.27. The van der Waals surface area contributed by atoms with E-state index in [9.17, 15) is 21.9 Å². The first-order chi connectivity index (χ1) is 10.9. The first-order valence-corrected chi connectivity index (χ1v) is 10.6. The molecule has 1 aromatic heterocycles. The van der Waals surface area contributed by atoms with Crippen molar-refractivity contribution in [2.45, 2.75) is 5.03 Å². The largest absolute Gasteiger partial charge is 0.491 e. The van der Waals surface area contributed by atoms with Crippen molar-refractivity contribution in [3.8, 4) is 5.88 Å². The molecule has 0 bridgehead atoms. The molecule has 1 aromatic carbocycles. The number of benzene rings is 1. The van der Waals surface area contributed by atoms with E-state index >= 15 is 0 Å². The minimum atomic E-state index is -3.97. The third-order valence-corrected chi connectivity index (χ3v) is 5.14. The van der Waals surface area contributed by atoms with Gasteiger partial charge in [-0.1, -0.05) is 23.2 Å². The quantitative estimate of drug-likeness (QED) is 0.816. The second-order valence-corrected chi connectivity index (χ2v) is 9.45. The van der Waals surface area contributed by atoms with Gasteiger partial charge in [-0.3, -0.25) is 0 Å². The molecule has 0 amide bonds. The number of rotatable bonds is 4. The summed E-state index contributed by atoms with van der Waals surface area (Å²) in [6, 6.07) is 3.98. The summed E-state index contributed by atoms with van der Waals surface area (Å²) in [5.41, 5.74) is 0.00621. The van der Waals surface area contributed by atoms with Crippen LogP contribution in [0.4, 0.5) is 11.5 Å². The molecule has 8 nitrogen and oxygen atoms in total. The van der Waals surface area contributed by atoms with E-state index in [1.54, 1.807) is 0 Å². The number of anilines is 2. The molecular formula is C12H11Cl2N3O5S2. The maximum atomic E-state index is 12.1. The van der Waals surface area contributed by atoms with E-state index in [0.29, 0.717) is 4.31 Å². The van der Waals surface area contributed by atoms with E-state index in [0.717, 1.165) is 18.7 Å². The summed E-state index contributed by atoms with van der Waals surface area (Å²) in [7, 11) is -7.70. The van der Waals surface area contributed by atoms with Gasteiger partial charge in [0, 0.05) is 16.3 Å². The van der Waals surface area contributed by atoms with Crippen molar-refractivity contribution in [2.75, 3.05) is 16.8 Å². The maximum absolute atomic E-state index is 12.1. The predicted octanol–water partition coefficient (Wildman–Crippen LogP) is 1.99. The average Bonchev–Trinajstić information content (AvgIpc) is 2.37. The molecule has 0 radical (unpaired) electrons. The molecule has 0 saturated heterocycles. The molecule has 12 heteroatoms. The molecule has 0 fully saturated rings. The Bertz CT molecular complexity index is 989. The van der Waals surface area contributed by atoms with Gasteiger partial charge in [-0.2, -0.15) is 4.98 Å². The first-order valence-electron chi connectivity index (χ1n) is 6.12. The van der Waals surface area contributed by atoms with Crippen LogP contribution in [0.2, 0.25) is 10.0 Å². The van der Waals surface area contributed by atoms with Gasteiger partial charge in [-0.05, 0) is 18.2 Å². The van der Waals surface area contributed by atoms with Crippen molar-refractivity contribution in [3.63, 3.8) is 0 Å². The van der Waals surface area contributed by atoms with Gasteiger partial charge < -0.3 is 5.11 Å². The normalized spacial score (nSPS) is 12.2. The summed E-state index contributed by atoms with van der Waals surface area (Å²) in [5.74, 6) is -1.36. The van der Waals surface area contributed by atoms with E-state index in [4.69, 9.17) is 23.2 Å². The SMILES string of the molecule is CS(=O)(=O)c1cnc(N(c2cc(Cl)cc(Cl)c2)S(C)(=O)=O)c(O)n1. The average molecular weight is 412 g/mol. The molecular weight excluding hydrogens is 401 g/mol. The van der Waals surface area contributed by atoms with E-state index in [2.05, 4.69) is 9.97 Å². The molecule has 24 heavy (non-hydrogen) atoms. The van der Waals surface area contributed by atoms with Crippen LogP contribution in [0.1, 0.15) is 0 Å². The van der Waals surface area contributed by atoms with E-state index < -0.39 is 36.6 Å². The van der Waals surface area contributed by atoms with E-state index in [-0.39, 0.29) is 15.7 Å². The Morgan fingerprint density at radius 1 is 1.04 bits per heavy atom. The number of halogens is 2. The van der Waals surface area contributed by atoms with Gasteiger partial charge in [0.2, 0.25) is 15.8 Å². The Labute approximate surface area is 148 Å². The summed E-state index contributed by atoms with van der Waals surface area (Å²) in [4.78, 5) is 7.20. The van der Waals surface area contributed by atoms with Gasteiger partial charge in [0.25, 0.3) is 5.88 Å². The number of sulfone groups is 1. The number of aromatic hydroxyl groups is 1. The Hall–Kier alpha value is -1.62. The van der Waals surface area contributed by atoms with Crippen LogP contribution in [0.5, 0.6) is 5.88 Å². The molecule has 0 spiro atoms. The zero-order valence-corrected chi connectivity index (χ0v) is 15.4. The fourth-order valence-corrected chi connectivity index (χ4v) is 3.75. The third kappa shape index (κ3) is 4.07. The molecule has 0 aliphatic heterocycles. The van der Waals surface area contributed by atoms with E-state index in [1.165, 1.54) is 18.2 Å². The van der Waals surface area contributed by atoms with Crippen molar-refractivity contribution in [2.24, 2.45) is 0 Å². The van der Waals surface area contributed by atoms with Crippen LogP contribution in [0, 0.1) is 0 Å². The van der Waals surface area contributed by atoms with Crippen LogP contribution >= 0.6 is 23.2 Å². The highest BCUT2D eigenvalue weighted by atomic mass is 35.5. The molecule has 1 heterocycles.